The summed E-state index contributed by atoms with van der Waals surface area (Å²) in [6, 6.07) is 7.33. The molecule has 0 amide bonds. The first-order valence-corrected chi connectivity index (χ1v) is 8.04. The van der Waals surface area contributed by atoms with E-state index in [1.165, 1.54) is 0 Å². The molecule has 0 saturated heterocycles. The Balaban J connectivity index is 3.00. The summed E-state index contributed by atoms with van der Waals surface area (Å²) in [5, 5.41) is 3.49. The van der Waals surface area contributed by atoms with Gasteiger partial charge in [-0.3, -0.25) is 0 Å². The van der Waals surface area contributed by atoms with Crippen molar-refractivity contribution in [2.75, 3.05) is 47.8 Å². The molecule has 0 aliphatic rings. The molecule has 0 aliphatic heterocycles. The average Bonchev–Trinajstić information content (AvgIpc) is 2.38. The van der Waals surface area contributed by atoms with Crippen LogP contribution in [0.3, 0.4) is 0 Å². The molecule has 2 N–H and O–H groups in total. The second-order valence-corrected chi connectivity index (χ2v) is 9.13. The fourth-order valence-corrected chi connectivity index (χ4v) is 5.45. The molecule has 8 heteroatoms. The van der Waals surface area contributed by atoms with Crippen molar-refractivity contribution in [3.8, 4) is 0 Å². The van der Waals surface area contributed by atoms with Crippen LogP contribution in [0, 0.1) is 5.53 Å². The Labute approximate surface area is 121 Å². The number of hydrogen-bond acceptors (Lipinski definition) is 7. The predicted molar refractivity (Wildman–Crippen MR) is 85.3 cm³/mol. The van der Waals surface area contributed by atoms with E-state index in [4.69, 9.17) is 10.2 Å². The summed E-state index contributed by atoms with van der Waals surface area (Å²) in [5.41, 5.74) is 11.4. The minimum absolute atomic E-state index is 0.548. The van der Waals surface area contributed by atoms with Gasteiger partial charge < -0.3 is 0 Å². The van der Waals surface area contributed by atoms with Gasteiger partial charge in [0.15, 0.2) is 0 Å². The topological polar surface area (TPSA) is 67.2 Å². The van der Waals surface area contributed by atoms with Crippen LogP contribution in [-0.4, -0.2) is 56.3 Å². The fraction of sp³-hybridized carbons (Fsp3) is 0.500. The van der Waals surface area contributed by atoms with Crippen molar-refractivity contribution in [3.63, 3.8) is 0 Å². The Morgan fingerprint density at radius 1 is 1.00 bits per heavy atom. The molecule has 0 radical (unpaired) electrons. The van der Waals surface area contributed by atoms with E-state index in [9.17, 15) is 0 Å². The van der Waals surface area contributed by atoms with Crippen LogP contribution in [-0.2, 0) is 4.62 Å². The third-order valence-electron chi connectivity index (χ3n) is 3.07. The van der Waals surface area contributed by atoms with Crippen LogP contribution in [0.4, 0.5) is 11.4 Å². The van der Waals surface area contributed by atoms with Crippen LogP contribution >= 0.6 is 7.94 Å². The van der Waals surface area contributed by atoms with Gasteiger partial charge in [0.05, 0.1) is 0 Å². The molecule has 114 valence electrons. The Kier molecular flexibility index (Phi) is 5.98. The van der Waals surface area contributed by atoms with E-state index >= 15 is 0 Å². The van der Waals surface area contributed by atoms with Gasteiger partial charge in [0.25, 0.3) is 0 Å². The number of nitrogens with zero attached hydrogens (tertiary/aromatic N) is 4. The van der Waals surface area contributed by atoms with Crippen molar-refractivity contribution in [3.05, 3.63) is 24.3 Å². The second kappa shape index (κ2) is 7.06. The molecule has 1 aromatic rings. The zero-order chi connectivity index (χ0) is 15.3. The van der Waals surface area contributed by atoms with Crippen molar-refractivity contribution >= 4 is 19.3 Å². The summed E-state index contributed by atoms with van der Waals surface area (Å²) in [5.74, 6) is 0. The molecule has 0 unspecified atom stereocenters. The van der Waals surface area contributed by atoms with Crippen LogP contribution in [0.1, 0.15) is 0 Å². The fourth-order valence-electron chi connectivity index (χ4n) is 2.25. The molecule has 0 fully saturated rings. The number of para-hydroxylation sites is 2. The standard InChI is InChI=1S/C12H25N6OP/c1-16(2)20(17(3)4,18(5)6)19-15-12-10-8-7-9-11(12)14-13/h7-10,13,15,20H,1-6H3. The molecular weight excluding hydrogens is 275 g/mol. The maximum atomic E-state index is 7.18. The monoisotopic (exact) mass is 300 g/mol. The van der Waals surface area contributed by atoms with Crippen LogP contribution in [0.2, 0.25) is 0 Å². The minimum atomic E-state index is -2.46. The molecule has 1 rings (SSSR count). The predicted octanol–water partition coefficient (Wildman–Crippen LogP) is 2.79. The van der Waals surface area contributed by atoms with Crippen LogP contribution < -0.4 is 5.48 Å². The van der Waals surface area contributed by atoms with Crippen LogP contribution in [0.15, 0.2) is 29.4 Å². The zero-order valence-electron chi connectivity index (χ0n) is 13.0. The Morgan fingerprint density at radius 2 is 1.50 bits per heavy atom. The van der Waals surface area contributed by atoms with E-state index < -0.39 is 7.94 Å². The van der Waals surface area contributed by atoms with Crippen LogP contribution in [0.5, 0.6) is 0 Å². The quantitative estimate of drug-likeness (QED) is 0.460. The number of rotatable bonds is 7. The van der Waals surface area contributed by atoms with Gasteiger partial charge in [0.1, 0.15) is 0 Å². The van der Waals surface area contributed by atoms with E-state index in [2.05, 4.69) is 24.6 Å². The van der Waals surface area contributed by atoms with Crippen molar-refractivity contribution < 1.29 is 4.62 Å². The molecule has 1 aromatic carbocycles. The van der Waals surface area contributed by atoms with Crippen molar-refractivity contribution in [2.45, 2.75) is 0 Å². The normalized spacial score (nSPS) is 13.1. The molecule has 0 saturated carbocycles. The SMILES string of the molecule is CN(C)[PH](ONc1ccccc1N=N)(N(C)C)N(C)C. The first kappa shape index (κ1) is 16.9. The molecule has 20 heavy (non-hydrogen) atoms. The zero-order valence-corrected chi connectivity index (χ0v) is 14.0. The summed E-state index contributed by atoms with van der Waals surface area (Å²) in [7, 11) is 9.51. The van der Waals surface area contributed by atoms with Gasteiger partial charge in [-0.25, -0.2) is 0 Å². The van der Waals surface area contributed by atoms with Crippen LogP contribution in [0.25, 0.3) is 0 Å². The van der Waals surface area contributed by atoms with Crippen molar-refractivity contribution in [1.29, 1.82) is 5.53 Å². The maximum absolute atomic E-state index is 7.18. The molecular formula is C12H25N6OP. The van der Waals surface area contributed by atoms with Gasteiger partial charge in [-0.15, -0.1) is 0 Å². The van der Waals surface area contributed by atoms with Gasteiger partial charge in [-0.2, -0.15) is 0 Å². The molecule has 0 aromatic heterocycles. The number of anilines is 1. The number of nitrogens with one attached hydrogen (secondary N) is 2. The Hall–Kier alpha value is -1.11. The molecule has 7 nitrogen and oxygen atoms in total. The first-order chi connectivity index (χ1) is 9.36. The Morgan fingerprint density at radius 3 is 1.95 bits per heavy atom. The molecule has 0 heterocycles. The first-order valence-electron chi connectivity index (χ1n) is 6.29. The van der Waals surface area contributed by atoms with Gasteiger partial charge in [-0.1, -0.05) is 0 Å². The van der Waals surface area contributed by atoms with E-state index in [1.807, 2.05) is 60.5 Å². The molecule has 0 aliphatic carbocycles. The summed E-state index contributed by atoms with van der Waals surface area (Å²) in [4.78, 5) is 0. The number of hydrogen-bond donors (Lipinski definition) is 2. The molecule has 0 spiro atoms. The summed E-state index contributed by atoms with van der Waals surface area (Å²) in [6.45, 7) is 0. The summed E-state index contributed by atoms with van der Waals surface area (Å²) in [6.07, 6.45) is 0. The van der Waals surface area contributed by atoms with E-state index in [0.717, 1.165) is 0 Å². The van der Waals surface area contributed by atoms with Crippen molar-refractivity contribution in [2.24, 2.45) is 5.11 Å². The van der Waals surface area contributed by atoms with Gasteiger partial charge >= 0.3 is 121 Å². The third kappa shape index (κ3) is 3.31. The van der Waals surface area contributed by atoms with E-state index in [-0.39, 0.29) is 0 Å². The molecule has 0 bridgehead atoms. The number of benzene rings is 1. The van der Waals surface area contributed by atoms with Gasteiger partial charge in [-0.05, 0) is 0 Å². The average molecular weight is 300 g/mol. The third-order valence-corrected chi connectivity index (χ3v) is 6.94. The van der Waals surface area contributed by atoms with Gasteiger partial charge in [0, 0.05) is 0 Å². The van der Waals surface area contributed by atoms with E-state index in [1.54, 1.807) is 6.07 Å². The van der Waals surface area contributed by atoms with Gasteiger partial charge in [0.2, 0.25) is 0 Å². The van der Waals surface area contributed by atoms with Crippen molar-refractivity contribution in [1.82, 2.24) is 14.0 Å². The van der Waals surface area contributed by atoms with E-state index in [0.29, 0.717) is 11.4 Å². The second-order valence-electron chi connectivity index (χ2n) is 5.09. The summed E-state index contributed by atoms with van der Waals surface area (Å²) < 4.78 is 12.3. The summed E-state index contributed by atoms with van der Waals surface area (Å²) >= 11 is 0. The Bertz CT molecular complexity index is 430. The molecule has 0 atom stereocenters.